The minimum Gasteiger partial charge on any atom is -0.299 e. The van der Waals surface area contributed by atoms with Gasteiger partial charge in [0.1, 0.15) is 5.78 Å². The summed E-state index contributed by atoms with van der Waals surface area (Å²) in [4.78, 5) is 11.9. The molecule has 1 atom stereocenters. The fourth-order valence-electron chi connectivity index (χ4n) is 2.15. The molecule has 0 bridgehead atoms. The fraction of sp³-hybridized carbons (Fsp3) is 0.500. The highest BCUT2D eigenvalue weighted by molar-refractivity contribution is 5.88. The van der Waals surface area contributed by atoms with E-state index in [9.17, 15) is 4.79 Å². The van der Waals surface area contributed by atoms with Crippen LogP contribution in [0.4, 0.5) is 0 Å². The van der Waals surface area contributed by atoms with Crippen LogP contribution in [0.3, 0.4) is 0 Å². The zero-order valence-corrected chi connectivity index (χ0v) is 9.49. The molecule has 1 aromatic carbocycles. The molecule has 0 aliphatic heterocycles. The molecule has 0 aromatic heterocycles. The Labute approximate surface area is 91.5 Å². The predicted molar refractivity (Wildman–Crippen MR) is 62.0 cm³/mol. The normalized spacial score (nSPS) is 18.5. The molecule has 1 aliphatic carbocycles. The van der Waals surface area contributed by atoms with Crippen molar-refractivity contribution in [3.63, 3.8) is 0 Å². The Morgan fingerprint density at radius 2 is 2.13 bits per heavy atom. The highest BCUT2D eigenvalue weighted by atomic mass is 16.1. The number of carbonyl (C=O) groups is 1. The second kappa shape index (κ2) is 4.18. The number of rotatable bonds is 4. The van der Waals surface area contributed by atoms with Crippen LogP contribution in [0, 0.1) is 5.92 Å². The van der Waals surface area contributed by atoms with Crippen LogP contribution in [-0.2, 0) is 11.2 Å². The van der Waals surface area contributed by atoms with E-state index in [-0.39, 0.29) is 5.92 Å². The van der Waals surface area contributed by atoms with Gasteiger partial charge in [-0.15, -0.1) is 0 Å². The van der Waals surface area contributed by atoms with Crippen LogP contribution >= 0.6 is 0 Å². The Kier molecular flexibility index (Phi) is 2.90. The summed E-state index contributed by atoms with van der Waals surface area (Å²) in [5.74, 6) is 1.27. The van der Waals surface area contributed by atoms with Gasteiger partial charge in [-0.05, 0) is 29.9 Å². The predicted octanol–water partition coefficient (Wildman–Crippen LogP) is 3.33. The van der Waals surface area contributed by atoms with Crippen molar-refractivity contribution in [2.45, 2.75) is 39.0 Å². The number of Topliss-reactive ketones (excluding diaryl/α,β-unsaturated/α-hetero) is 1. The van der Waals surface area contributed by atoms with Crippen LogP contribution in [0.1, 0.15) is 43.7 Å². The molecule has 1 aromatic rings. The monoisotopic (exact) mass is 202 g/mol. The van der Waals surface area contributed by atoms with E-state index in [4.69, 9.17) is 0 Å². The van der Waals surface area contributed by atoms with Crippen molar-refractivity contribution in [2.75, 3.05) is 0 Å². The third kappa shape index (κ3) is 2.11. The molecular formula is C14H18O. The number of hydrogen-bond donors (Lipinski definition) is 0. The summed E-state index contributed by atoms with van der Waals surface area (Å²) >= 11 is 0. The van der Waals surface area contributed by atoms with Crippen LogP contribution in [0.15, 0.2) is 24.3 Å². The molecule has 1 aliphatic rings. The molecule has 0 saturated heterocycles. The summed E-state index contributed by atoms with van der Waals surface area (Å²) in [6.07, 6.45) is 2.74. The molecule has 0 amide bonds. The second-order valence-corrected chi connectivity index (χ2v) is 4.85. The standard InChI is InChI=1S/C14H18O/c1-10(2)7-8-14(15)13-9-11-5-3-4-6-12(11)13/h3-6,10,13H,7-9H2,1-2H3. The lowest BCUT2D eigenvalue weighted by Gasteiger charge is -2.29. The van der Waals surface area contributed by atoms with Gasteiger partial charge in [0.05, 0.1) is 0 Å². The third-order valence-corrected chi connectivity index (χ3v) is 3.21. The Morgan fingerprint density at radius 3 is 2.80 bits per heavy atom. The maximum absolute atomic E-state index is 11.9. The Morgan fingerprint density at radius 1 is 1.40 bits per heavy atom. The quantitative estimate of drug-likeness (QED) is 0.732. The summed E-state index contributed by atoms with van der Waals surface area (Å²) in [5, 5.41) is 0. The summed E-state index contributed by atoms with van der Waals surface area (Å²) in [6.45, 7) is 4.34. The molecule has 0 spiro atoms. The molecule has 0 saturated carbocycles. The SMILES string of the molecule is CC(C)CCC(=O)C1Cc2ccccc21. The van der Waals surface area contributed by atoms with Gasteiger partial charge in [0, 0.05) is 12.3 Å². The van der Waals surface area contributed by atoms with Gasteiger partial charge >= 0.3 is 0 Å². The van der Waals surface area contributed by atoms with Gasteiger partial charge in [0.2, 0.25) is 0 Å². The van der Waals surface area contributed by atoms with Crippen molar-refractivity contribution in [1.82, 2.24) is 0 Å². The zero-order chi connectivity index (χ0) is 10.8. The lowest BCUT2D eigenvalue weighted by Crippen LogP contribution is -2.25. The van der Waals surface area contributed by atoms with Gasteiger partial charge in [0.25, 0.3) is 0 Å². The van der Waals surface area contributed by atoms with E-state index >= 15 is 0 Å². The summed E-state index contributed by atoms with van der Waals surface area (Å²) in [7, 11) is 0. The second-order valence-electron chi connectivity index (χ2n) is 4.85. The van der Waals surface area contributed by atoms with Gasteiger partial charge in [0.15, 0.2) is 0 Å². The zero-order valence-electron chi connectivity index (χ0n) is 9.49. The van der Waals surface area contributed by atoms with Crippen LogP contribution in [-0.4, -0.2) is 5.78 Å². The molecule has 0 N–H and O–H groups in total. The van der Waals surface area contributed by atoms with Crippen molar-refractivity contribution in [2.24, 2.45) is 5.92 Å². The Balaban J connectivity index is 1.96. The van der Waals surface area contributed by atoms with Gasteiger partial charge in [-0.25, -0.2) is 0 Å². The third-order valence-electron chi connectivity index (χ3n) is 3.21. The van der Waals surface area contributed by atoms with Crippen molar-refractivity contribution in [1.29, 1.82) is 0 Å². The van der Waals surface area contributed by atoms with Crippen LogP contribution in [0.2, 0.25) is 0 Å². The maximum atomic E-state index is 11.9. The summed E-state index contributed by atoms with van der Waals surface area (Å²) in [5.41, 5.74) is 2.63. The number of ketones is 1. The van der Waals surface area contributed by atoms with Gasteiger partial charge < -0.3 is 0 Å². The number of carbonyl (C=O) groups excluding carboxylic acids is 1. The van der Waals surface area contributed by atoms with E-state index < -0.39 is 0 Å². The first-order valence-electron chi connectivity index (χ1n) is 5.79. The fourth-order valence-corrected chi connectivity index (χ4v) is 2.15. The largest absolute Gasteiger partial charge is 0.299 e. The molecule has 2 rings (SSSR count). The highest BCUT2D eigenvalue weighted by Crippen LogP contribution is 2.36. The smallest absolute Gasteiger partial charge is 0.140 e. The van der Waals surface area contributed by atoms with Crippen molar-refractivity contribution in [3.8, 4) is 0 Å². The molecule has 1 unspecified atom stereocenters. The Hall–Kier alpha value is -1.11. The van der Waals surface area contributed by atoms with Crippen LogP contribution in [0.25, 0.3) is 0 Å². The van der Waals surface area contributed by atoms with Gasteiger partial charge in [-0.2, -0.15) is 0 Å². The maximum Gasteiger partial charge on any atom is 0.140 e. The lowest BCUT2D eigenvalue weighted by molar-refractivity contribution is -0.121. The molecular weight excluding hydrogens is 184 g/mol. The van der Waals surface area contributed by atoms with Gasteiger partial charge in [-0.1, -0.05) is 38.1 Å². The average molecular weight is 202 g/mol. The minimum atomic E-state index is 0.208. The highest BCUT2D eigenvalue weighted by Gasteiger charge is 2.30. The molecule has 0 fully saturated rings. The minimum absolute atomic E-state index is 0.208. The number of fused-ring (bicyclic) bond motifs is 1. The van der Waals surface area contributed by atoms with Crippen molar-refractivity contribution < 1.29 is 4.79 Å². The summed E-state index contributed by atoms with van der Waals surface area (Å²) in [6, 6.07) is 8.30. The first-order chi connectivity index (χ1) is 7.18. The van der Waals surface area contributed by atoms with E-state index in [2.05, 4.69) is 26.0 Å². The van der Waals surface area contributed by atoms with Crippen LogP contribution in [0.5, 0.6) is 0 Å². The number of hydrogen-bond acceptors (Lipinski definition) is 1. The van der Waals surface area contributed by atoms with E-state index in [0.29, 0.717) is 11.7 Å². The molecule has 80 valence electrons. The van der Waals surface area contributed by atoms with E-state index in [0.717, 1.165) is 19.3 Å². The van der Waals surface area contributed by atoms with Gasteiger partial charge in [-0.3, -0.25) is 4.79 Å². The van der Waals surface area contributed by atoms with E-state index in [1.54, 1.807) is 0 Å². The molecule has 0 heterocycles. The van der Waals surface area contributed by atoms with E-state index in [1.165, 1.54) is 11.1 Å². The first-order valence-corrected chi connectivity index (χ1v) is 5.79. The number of benzene rings is 1. The molecule has 15 heavy (non-hydrogen) atoms. The average Bonchev–Trinajstić information content (AvgIpc) is 2.17. The molecule has 0 radical (unpaired) electrons. The molecule has 1 nitrogen and oxygen atoms in total. The van der Waals surface area contributed by atoms with Crippen molar-refractivity contribution >= 4 is 5.78 Å². The lowest BCUT2D eigenvalue weighted by atomic mass is 9.74. The summed E-state index contributed by atoms with van der Waals surface area (Å²) < 4.78 is 0. The topological polar surface area (TPSA) is 17.1 Å². The van der Waals surface area contributed by atoms with Crippen molar-refractivity contribution in [3.05, 3.63) is 35.4 Å². The first kappa shape index (κ1) is 10.4. The molecule has 1 heteroatoms. The Bertz CT molecular complexity index is 365. The van der Waals surface area contributed by atoms with E-state index in [1.807, 2.05) is 12.1 Å². The van der Waals surface area contributed by atoms with Crippen LogP contribution < -0.4 is 0 Å².